The molecule has 1 aromatic rings. The van der Waals surface area contributed by atoms with Crippen LogP contribution in [0.1, 0.15) is 19.0 Å². The molecular formula is C11H17N3. The zero-order valence-electron chi connectivity index (χ0n) is 8.53. The van der Waals surface area contributed by atoms with Crippen LogP contribution in [-0.2, 0) is 6.54 Å². The van der Waals surface area contributed by atoms with Crippen molar-refractivity contribution in [3.8, 4) is 0 Å². The molecule has 2 unspecified atom stereocenters. The van der Waals surface area contributed by atoms with Gasteiger partial charge in [-0.3, -0.25) is 4.98 Å². The van der Waals surface area contributed by atoms with Gasteiger partial charge in [-0.05, 0) is 36.9 Å². The first-order chi connectivity index (χ1) is 6.75. The summed E-state index contributed by atoms with van der Waals surface area (Å²) >= 11 is 0. The first-order valence-corrected chi connectivity index (χ1v) is 5.17. The normalized spacial score (nSPS) is 24.9. The van der Waals surface area contributed by atoms with Crippen LogP contribution in [0.2, 0.25) is 0 Å². The van der Waals surface area contributed by atoms with E-state index in [1.54, 1.807) is 6.20 Å². The Hall–Kier alpha value is -1.09. The lowest BCUT2D eigenvalue weighted by Crippen LogP contribution is -2.17. The second kappa shape index (κ2) is 3.96. The van der Waals surface area contributed by atoms with Gasteiger partial charge in [-0.25, -0.2) is 0 Å². The van der Waals surface area contributed by atoms with Crippen LogP contribution in [0.3, 0.4) is 0 Å². The van der Waals surface area contributed by atoms with E-state index in [-0.39, 0.29) is 0 Å². The summed E-state index contributed by atoms with van der Waals surface area (Å²) in [5, 5.41) is 3.41. The zero-order chi connectivity index (χ0) is 9.97. The predicted octanol–water partition coefficient (Wildman–Crippen LogP) is 1.41. The highest BCUT2D eigenvalue weighted by molar-refractivity contribution is 5.34. The number of hydrogen-bond donors (Lipinski definition) is 2. The smallest absolute Gasteiger partial charge is 0.0543 e. The lowest BCUT2D eigenvalue weighted by atomic mass is 10.3. The Kier molecular flexibility index (Phi) is 2.68. The Morgan fingerprint density at radius 3 is 2.93 bits per heavy atom. The SMILES string of the molecule is CC1CC1CNCc1ccc(N)cn1. The molecule has 1 saturated carbocycles. The van der Waals surface area contributed by atoms with Crippen LogP contribution in [0.25, 0.3) is 0 Å². The molecule has 0 bridgehead atoms. The van der Waals surface area contributed by atoms with Crippen LogP contribution in [0, 0.1) is 11.8 Å². The van der Waals surface area contributed by atoms with Crippen molar-refractivity contribution in [2.75, 3.05) is 12.3 Å². The van der Waals surface area contributed by atoms with E-state index in [1.165, 1.54) is 6.42 Å². The van der Waals surface area contributed by atoms with Crippen molar-refractivity contribution in [2.45, 2.75) is 19.9 Å². The average Bonchev–Trinajstić information content (AvgIpc) is 2.86. The number of hydrogen-bond acceptors (Lipinski definition) is 3. The molecule has 0 spiro atoms. The van der Waals surface area contributed by atoms with Gasteiger partial charge in [-0.15, -0.1) is 0 Å². The number of nitrogens with one attached hydrogen (secondary N) is 1. The molecule has 3 heteroatoms. The summed E-state index contributed by atoms with van der Waals surface area (Å²) < 4.78 is 0. The van der Waals surface area contributed by atoms with Crippen LogP contribution < -0.4 is 11.1 Å². The zero-order valence-corrected chi connectivity index (χ0v) is 8.53. The second-order valence-corrected chi connectivity index (χ2v) is 4.19. The Morgan fingerprint density at radius 2 is 2.36 bits per heavy atom. The van der Waals surface area contributed by atoms with Gasteiger partial charge < -0.3 is 11.1 Å². The lowest BCUT2D eigenvalue weighted by molar-refractivity contribution is 0.605. The van der Waals surface area contributed by atoms with Gasteiger partial charge in [0.25, 0.3) is 0 Å². The van der Waals surface area contributed by atoms with Crippen LogP contribution in [0.15, 0.2) is 18.3 Å². The number of rotatable bonds is 4. The molecule has 3 nitrogen and oxygen atoms in total. The van der Waals surface area contributed by atoms with Gasteiger partial charge >= 0.3 is 0 Å². The van der Waals surface area contributed by atoms with E-state index in [2.05, 4.69) is 17.2 Å². The third kappa shape index (κ3) is 2.45. The summed E-state index contributed by atoms with van der Waals surface area (Å²) in [7, 11) is 0. The lowest BCUT2D eigenvalue weighted by Gasteiger charge is -2.03. The van der Waals surface area contributed by atoms with E-state index >= 15 is 0 Å². The summed E-state index contributed by atoms with van der Waals surface area (Å²) in [6.07, 6.45) is 3.08. The summed E-state index contributed by atoms with van der Waals surface area (Å²) in [6.45, 7) is 4.27. The summed E-state index contributed by atoms with van der Waals surface area (Å²) in [4.78, 5) is 4.23. The van der Waals surface area contributed by atoms with E-state index in [0.29, 0.717) is 0 Å². The molecule has 3 N–H and O–H groups in total. The van der Waals surface area contributed by atoms with Crippen molar-refractivity contribution in [3.63, 3.8) is 0 Å². The fourth-order valence-electron chi connectivity index (χ4n) is 1.61. The molecule has 1 aliphatic carbocycles. The molecule has 0 saturated heterocycles. The maximum atomic E-state index is 5.55. The first-order valence-electron chi connectivity index (χ1n) is 5.17. The molecule has 1 heterocycles. The molecule has 76 valence electrons. The van der Waals surface area contributed by atoms with Crippen molar-refractivity contribution in [3.05, 3.63) is 24.0 Å². The maximum absolute atomic E-state index is 5.55. The highest BCUT2D eigenvalue weighted by Gasteiger charge is 2.31. The molecule has 0 aliphatic heterocycles. The fourth-order valence-corrected chi connectivity index (χ4v) is 1.61. The maximum Gasteiger partial charge on any atom is 0.0543 e. The Labute approximate surface area is 84.7 Å². The monoisotopic (exact) mass is 191 g/mol. The van der Waals surface area contributed by atoms with Gasteiger partial charge in [0, 0.05) is 6.54 Å². The number of nitrogen functional groups attached to an aromatic ring is 1. The molecular weight excluding hydrogens is 174 g/mol. The van der Waals surface area contributed by atoms with Crippen LogP contribution in [0.4, 0.5) is 5.69 Å². The largest absolute Gasteiger partial charge is 0.397 e. The molecule has 0 radical (unpaired) electrons. The fraction of sp³-hybridized carbons (Fsp3) is 0.545. The van der Waals surface area contributed by atoms with Crippen LogP contribution >= 0.6 is 0 Å². The molecule has 0 amide bonds. The minimum atomic E-state index is 0.726. The molecule has 1 fully saturated rings. The number of nitrogens with zero attached hydrogens (tertiary/aromatic N) is 1. The van der Waals surface area contributed by atoms with Gasteiger partial charge in [-0.1, -0.05) is 6.92 Å². The highest BCUT2D eigenvalue weighted by Crippen LogP contribution is 2.36. The highest BCUT2D eigenvalue weighted by atomic mass is 14.9. The minimum Gasteiger partial charge on any atom is -0.397 e. The number of pyridine rings is 1. The quantitative estimate of drug-likeness (QED) is 0.756. The van der Waals surface area contributed by atoms with Crippen molar-refractivity contribution < 1.29 is 0 Å². The summed E-state index contributed by atoms with van der Waals surface area (Å²) in [6, 6.07) is 3.86. The van der Waals surface area contributed by atoms with Crippen LogP contribution in [-0.4, -0.2) is 11.5 Å². The second-order valence-electron chi connectivity index (χ2n) is 4.19. The average molecular weight is 191 g/mol. The van der Waals surface area contributed by atoms with Gasteiger partial charge in [0.05, 0.1) is 17.6 Å². The number of aromatic nitrogens is 1. The van der Waals surface area contributed by atoms with E-state index in [4.69, 9.17) is 5.73 Å². The van der Waals surface area contributed by atoms with E-state index in [0.717, 1.165) is 36.3 Å². The minimum absolute atomic E-state index is 0.726. The molecule has 1 aliphatic rings. The molecule has 1 aromatic heterocycles. The third-order valence-electron chi connectivity index (χ3n) is 2.84. The summed E-state index contributed by atoms with van der Waals surface area (Å²) in [5.41, 5.74) is 7.34. The van der Waals surface area contributed by atoms with Gasteiger partial charge in [0.1, 0.15) is 0 Å². The van der Waals surface area contributed by atoms with Gasteiger partial charge in [0.2, 0.25) is 0 Å². The molecule has 14 heavy (non-hydrogen) atoms. The molecule has 2 atom stereocenters. The number of anilines is 1. The van der Waals surface area contributed by atoms with E-state index < -0.39 is 0 Å². The van der Waals surface area contributed by atoms with Crippen molar-refractivity contribution in [1.82, 2.24) is 10.3 Å². The van der Waals surface area contributed by atoms with Crippen LogP contribution in [0.5, 0.6) is 0 Å². The topological polar surface area (TPSA) is 50.9 Å². The standard InChI is InChI=1S/C11H17N3/c1-8-4-9(8)5-13-7-11-3-2-10(12)6-14-11/h2-3,6,8-9,13H,4-5,7,12H2,1H3. The first kappa shape index (κ1) is 9.46. The number of nitrogens with two attached hydrogens (primary N) is 1. The Balaban J connectivity index is 1.72. The van der Waals surface area contributed by atoms with E-state index in [1.807, 2.05) is 12.1 Å². The van der Waals surface area contributed by atoms with Gasteiger partial charge in [-0.2, -0.15) is 0 Å². The summed E-state index contributed by atoms with van der Waals surface area (Å²) in [5.74, 6) is 1.81. The predicted molar refractivity (Wildman–Crippen MR) is 57.6 cm³/mol. The van der Waals surface area contributed by atoms with Gasteiger partial charge in [0.15, 0.2) is 0 Å². The Morgan fingerprint density at radius 1 is 1.57 bits per heavy atom. The third-order valence-corrected chi connectivity index (χ3v) is 2.84. The molecule has 2 rings (SSSR count). The van der Waals surface area contributed by atoms with E-state index in [9.17, 15) is 0 Å². The van der Waals surface area contributed by atoms with Crippen molar-refractivity contribution >= 4 is 5.69 Å². The van der Waals surface area contributed by atoms with Crippen molar-refractivity contribution in [1.29, 1.82) is 0 Å². The molecule has 0 aromatic carbocycles. The Bertz CT molecular complexity index is 294. The van der Waals surface area contributed by atoms with Crippen molar-refractivity contribution in [2.24, 2.45) is 11.8 Å².